The van der Waals surface area contributed by atoms with Crippen LogP contribution in [0.1, 0.15) is 38.1 Å². The Hall–Kier alpha value is -1.49. The number of nitrogens with two attached hydrogens (primary N) is 1. The number of anilines is 1. The molecular weight excluding hydrogens is 258 g/mol. The average Bonchev–Trinajstić information content (AvgIpc) is 2.79. The van der Waals surface area contributed by atoms with E-state index in [2.05, 4.69) is 37.0 Å². The molecule has 2 N–H and O–H groups in total. The molecule has 19 heavy (non-hydrogen) atoms. The molecule has 0 aliphatic heterocycles. The first-order chi connectivity index (χ1) is 8.88. The predicted molar refractivity (Wildman–Crippen MR) is 78.2 cm³/mol. The zero-order valence-electron chi connectivity index (χ0n) is 11.7. The van der Waals surface area contributed by atoms with Crippen molar-refractivity contribution in [1.29, 1.82) is 0 Å². The Bertz CT molecular complexity index is 572. The van der Waals surface area contributed by atoms with Crippen molar-refractivity contribution < 1.29 is 4.42 Å². The molecule has 5 heteroatoms. The van der Waals surface area contributed by atoms with Crippen LogP contribution < -0.4 is 5.73 Å². The molecule has 1 heterocycles. The van der Waals surface area contributed by atoms with Gasteiger partial charge in [0.1, 0.15) is 0 Å². The number of nitrogens with zero attached hydrogens (tertiary/aromatic N) is 2. The van der Waals surface area contributed by atoms with E-state index in [9.17, 15) is 0 Å². The molecule has 0 atom stereocenters. The van der Waals surface area contributed by atoms with Crippen molar-refractivity contribution in [2.24, 2.45) is 0 Å². The molecule has 102 valence electrons. The first kappa shape index (κ1) is 13.9. The average molecular weight is 277 g/mol. The second kappa shape index (κ2) is 5.25. The van der Waals surface area contributed by atoms with Crippen molar-refractivity contribution in [2.75, 3.05) is 5.73 Å². The zero-order valence-corrected chi connectivity index (χ0v) is 12.5. The van der Waals surface area contributed by atoms with Gasteiger partial charge in [-0.1, -0.05) is 26.8 Å². The summed E-state index contributed by atoms with van der Waals surface area (Å²) in [6.07, 6.45) is 0. The van der Waals surface area contributed by atoms with E-state index in [1.807, 2.05) is 19.1 Å². The van der Waals surface area contributed by atoms with Gasteiger partial charge in [0.25, 0.3) is 0 Å². The SMILES string of the molecule is Cc1c(N)cccc1SCc1nnc(C(C)(C)C)o1. The molecule has 0 saturated heterocycles. The Kier molecular flexibility index (Phi) is 3.85. The topological polar surface area (TPSA) is 64.9 Å². The fraction of sp³-hybridized carbons (Fsp3) is 0.429. The van der Waals surface area contributed by atoms with Gasteiger partial charge in [-0.3, -0.25) is 0 Å². The van der Waals surface area contributed by atoms with Crippen molar-refractivity contribution >= 4 is 17.4 Å². The van der Waals surface area contributed by atoms with E-state index in [4.69, 9.17) is 10.2 Å². The summed E-state index contributed by atoms with van der Waals surface area (Å²) in [6, 6.07) is 5.92. The van der Waals surface area contributed by atoms with Gasteiger partial charge in [0.2, 0.25) is 11.8 Å². The van der Waals surface area contributed by atoms with Crippen LogP contribution in [0.3, 0.4) is 0 Å². The highest BCUT2D eigenvalue weighted by molar-refractivity contribution is 7.98. The summed E-state index contributed by atoms with van der Waals surface area (Å²) >= 11 is 1.66. The molecule has 0 spiro atoms. The Morgan fingerprint density at radius 2 is 2.00 bits per heavy atom. The summed E-state index contributed by atoms with van der Waals surface area (Å²) in [5.41, 5.74) is 7.69. The quantitative estimate of drug-likeness (QED) is 0.686. The smallest absolute Gasteiger partial charge is 0.226 e. The summed E-state index contributed by atoms with van der Waals surface area (Å²) in [4.78, 5) is 1.15. The highest BCUT2D eigenvalue weighted by Crippen LogP contribution is 2.29. The van der Waals surface area contributed by atoms with E-state index >= 15 is 0 Å². The molecule has 0 fully saturated rings. The molecule has 0 amide bonds. The summed E-state index contributed by atoms with van der Waals surface area (Å²) in [7, 11) is 0. The molecule has 0 radical (unpaired) electrons. The molecular formula is C14H19N3OS. The van der Waals surface area contributed by atoms with E-state index in [0.29, 0.717) is 17.5 Å². The Balaban J connectivity index is 2.07. The summed E-state index contributed by atoms with van der Waals surface area (Å²) < 4.78 is 5.67. The maximum absolute atomic E-state index is 5.89. The number of benzene rings is 1. The lowest BCUT2D eigenvalue weighted by atomic mass is 9.97. The van der Waals surface area contributed by atoms with E-state index in [1.165, 1.54) is 0 Å². The first-order valence-corrected chi connectivity index (χ1v) is 7.17. The van der Waals surface area contributed by atoms with Crippen molar-refractivity contribution in [2.45, 2.75) is 43.8 Å². The molecule has 2 rings (SSSR count). The van der Waals surface area contributed by atoms with Crippen LogP contribution in [-0.2, 0) is 11.2 Å². The highest BCUT2D eigenvalue weighted by atomic mass is 32.2. The van der Waals surface area contributed by atoms with Gasteiger partial charge in [0.05, 0.1) is 5.75 Å². The lowest BCUT2D eigenvalue weighted by molar-refractivity contribution is 0.378. The monoisotopic (exact) mass is 277 g/mol. The van der Waals surface area contributed by atoms with Crippen molar-refractivity contribution in [1.82, 2.24) is 10.2 Å². The van der Waals surface area contributed by atoms with Gasteiger partial charge in [-0.25, -0.2) is 0 Å². The minimum absolute atomic E-state index is 0.108. The van der Waals surface area contributed by atoms with Gasteiger partial charge in [-0.2, -0.15) is 0 Å². The summed E-state index contributed by atoms with van der Waals surface area (Å²) in [5.74, 6) is 1.98. The fourth-order valence-corrected chi connectivity index (χ4v) is 2.45. The van der Waals surface area contributed by atoms with Gasteiger partial charge in [-0.15, -0.1) is 22.0 Å². The molecule has 0 unspecified atom stereocenters. The Labute approximate surface area is 117 Å². The molecule has 0 saturated carbocycles. The van der Waals surface area contributed by atoms with Gasteiger partial charge in [0, 0.05) is 16.0 Å². The molecule has 0 bridgehead atoms. The van der Waals surface area contributed by atoms with E-state index in [-0.39, 0.29) is 5.41 Å². The Morgan fingerprint density at radius 3 is 2.63 bits per heavy atom. The van der Waals surface area contributed by atoms with Crippen LogP contribution in [-0.4, -0.2) is 10.2 Å². The molecule has 1 aromatic carbocycles. The second-order valence-electron chi connectivity index (χ2n) is 5.51. The zero-order chi connectivity index (χ0) is 14.0. The molecule has 2 aromatic rings. The van der Waals surface area contributed by atoms with Gasteiger partial charge in [0.15, 0.2) is 0 Å². The van der Waals surface area contributed by atoms with Crippen LogP contribution in [0.25, 0.3) is 0 Å². The molecule has 4 nitrogen and oxygen atoms in total. The van der Waals surface area contributed by atoms with Crippen LogP contribution in [0.2, 0.25) is 0 Å². The van der Waals surface area contributed by atoms with Gasteiger partial charge >= 0.3 is 0 Å². The third-order valence-electron chi connectivity index (χ3n) is 2.79. The van der Waals surface area contributed by atoms with E-state index < -0.39 is 0 Å². The van der Waals surface area contributed by atoms with Gasteiger partial charge < -0.3 is 10.2 Å². The second-order valence-corrected chi connectivity index (χ2v) is 6.53. The minimum atomic E-state index is -0.108. The third-order valence-corrected chi connectivity index (χ3v) is 3.93. The number of nitrogen functional groups attached to an aromatic ring is 1. The van der Waals surface area contributed by atoms with E-state index in [1.54, 1.807) is 11.8 Å². The highest BCUT2D eigenvalue weighted by Gasteiger charge is 2.21. The van der Waals surface area contributed by atoms with Crippen LogP contribution in [0.15, 0.2) is 27.5 Å². The fourth-order valence-electron chi connectivity index (χ4n) is 1.54. The lowest BCUT2D eigenvalue weighted by Gasteiger charge is -2.11. The number of rotatable bonds is 3. The van der Waals surface area contributed by atoms with Crippen molar-refractivity contribution in [3.05, 3.63) is 35.5 Å². The maximum atomic E-state index is 5.89. The van der Waals surface area contributed by atoms with Crippen molar-refractivity contribution in [3.63, 3.8) is 0 Å². The van der Waals surface area contributed by atoms with Crippen LogP contribution in [0, 0.1) is 6.92 Å². The standard InChI is InChI=1S/C14H19N3OS/c1-9-10(15)6-5-7-11(9)19-8-12-16-17-13(18-12)14(2,3)4/h5-7H,8,15H2,1-4H3. The number of aromatic nitrogens is 2. The van der Waals surface area contributed by atoms with Gasteiger partial charge in [-0.05, 0) is 24.6 Å². The molecule has 0 aliphatic carbocycles. The van der Waals surface area contributed by atoms with Crippen LogP contribution >= 0.6 is 11.8 Å². The van der Waals surface area contributed by atoms with Crippen molar-refractivity contribution in [3.8, 4) is 0 Å². The first-order valence-electron chi connectivity index (χ1n) is 6.18. The largest absolute Gasteiger partial charge is 0.424 e. The Morgan fingerprint density at radius 1 is 1.26 bits per heavy atom. The predicted octanol–water partition coefficient (Wildman–Crippen LogP) is 3.55. The maximum Gasteiger partial charge on any atom is 0.226 e. The number of hydrogen-bond donors (Lipinski definition) is 1. The minimum Gasteiger partial charge on any atom is -0.424 e. The third kappa shape index (κ3) is 3.29. The van der Waals surface area contributed by atoms with E-state index in [0.717, 1.165) is 16.1 Å². The molecule has 1 aromatic heterocycles. The summed E-state index contributed by atoms with van der Waals surface area (Å²) in [6.45, 7) is 8.19. The summed E-state index contributed by atoms with van der Waals surface area (Å²) in [5, 5.41) is 8.17. The number of hydrogen-bond acceptors (Lipinski definition) is 5. The van der Waals surface area contributed by atoms with Crippen LogP contribution in [0.4, 0.5) is 5.69 Å². The normalized spacial score (nSPS) is 11.8. The van der Waals surface area contributed by atoms with Crippen LogP contribution in [0.5, 0.6) is 0 Å². The lowest BCUT2D eigenvalue weighted by Crippen LogP contribution is -2.11. The number of thioether (sulfide) groups is 1. The molecule has 0 aliphatic rings.